The van der Waals surface area contributed by atoms with Crippen LogP contribution < -0.4 is 15.0 Å². The Labute approximate surface area is 187 Å². The second kappa shape index (κ2) is 8.65. The lowest BCUT2D eigenvalue weighted by atomic mass is 9.88. The van der Waals surface area contributed by atoms with Crippen LogP contribution in [0.25, 0.3) is 0 Å². The summed E-state index contributed by atoms with van der Waals surface area (Å²) in [5.41, 5.74) is 0.461. The van der Waals surface area contributed by atoms with Crippen molar-refractivity contribution in [1.82, 2.24) is 10.2 Å². The molecule has 0 aromatic heterocycles. The van der Waals surface area contributed by atoms with Crippen LogP contribution in [0.15, 0.2) is 54.6 Å². The number of hydrogen-bond donors (Lipinski definition) is 1. The number of carbonyl (C=O) groups excluding carboxylic acids is 3. The van der Waals surface area contributed by atoms with Gasteiger partial charge in [-0.05, 0) is 55.7 Å². The molecule has 7 nitrogen and oxygen atoms in total. The van der Waals surface area contributed by atoms with Crippen molar-refractivity contribution >= 4 is 23.5 Å². The summed E-state index contributed by atoms with van der Waals surface area (Å²) < 4.78 is 5.80. The Morgan fingerprint density at radius 1 is 0.875 bits per heavy atom. The van der Waals surface area contributed by atoms with E-state index in [0.29, 0.717) is 30.2 Å². The van der Waals surface area contributed by atoms with E-state index in [-0.39, 0.29) is 23.8 Å². The summed E-state index contributed by atoms with van der Waals surface area (Å²) >= 11 is 0. The molecule has 32 heavy (non-hydrogen) atoms. The fourth-order valence-corrected chi connectivity index (χ4v) is 5.07. The minimum atomic E-state index is -0.637. The van der Waals surface area contributed by atoms with E-state index in [0.717, 1.165) is 30.6 Å². The van der Waals surface area contributed by atoms with Crippen molar-refractivity contribution in [1.29, 1.82) is 0 Å². The van der Waals surface area contributed by atoms with Gasteiger partial charge in [-0.2, -0.15) is 0 Å². The summed E-state index contributed by atoms with van der Waals surface area (Å²) in [5, 5.41) is 2.94. The lowest BCUT2D eigenvalue weighted by Gasteiger charge is -2.38. The number of fused-ring (bicyclic) bond motifs is 1. The Bertz CT molecular complexity index is 1000. The number of rotatable bonds is 4. The minimum Gasteiger partial charge on any atom is -0.457 e. The molecule has 2 aliphatic heterocycles. The van der Waals surface area contributed by atoms with E-state index in [1.54, 1.807) is 29.2 Å². The average molecular weight is 434 g/mol. The molecule has 3 aliphatic rings. The smallest absolute Gasteiger partial charge is 0.329 e. The molecule has 0 radical (unpaired) electrons. The Morgan fingerprint density at radius 3 is 2.28 bits per heavy atom. The van der Waals surface area contributed by atoms with E-state index in [1.807, 2.05) is 30.3 Å². The van der Waals surface area contributed by atoms with E-state index >= 15 is 0 Å². The number of carbonyl (C=O) groups is 3. The number of nitrogens with zero attached hydrogens (tertiary/aromatic N) is 2. The first-order chi connectivity index (χ1) is 15.6. The molecular formula is C25H27N3O4. The Balaban J connectivity index is 1.34. The van der Waals surface area contributed by atoms with Gasteiger partial charge < -0.3 is 15.0 Å². The summed E-state index contributed by atoms with van der Waals surface area (Å²) in [6.07, 6.45) is 5.68. The van der Waals surface area contributed by atoms with Gasteiger partial charge in [0.15, 0.2) is 0 Å². The second-order valence-electron chi connectivity index (χ2n) is 8.74. The molecule has 2 aromatic carbocycles. The summed E-state index contributed by atoms with van der Waals surface area (Å²) in [7, 11) is 0. The van der Waals surface area contributed by atoms with Gasteiger partial charge in [0, 0.05) is 12.5 Å². The van der Waals surface area contributed by atoms with Crippen molar-refractivity contribution in [2.45, 2.75) is 50.6 Å². The topological polar surface area (TPSA) is 79.0 Å². The van der Waals surface area contributed by atoms with Crippen LogP contribution in [0, 0.1) is 5.92 Å². The van der Waals surface area contributed by atoms with Crippen LogP contribution >= 0.6 is 0 Å². The van der Waals surface area contributed by atoms with Crippen molar-refractivity contribution in [2.75, 3.05) is 11.4 Å². The number of ether oxygens (including phenoxy) is 1. The van der Waals surface area contributed by atoms with Crippen LogP contribution in [0.5, 0.6) is 11.5 Å². The van der Waals surface area contributed by atoms with Crippen molar-refractivity contribution < 1.29 is 19.1 Å². The molecule has 2 saturated heterocycles. The first-order valence-corrected chi connectivity index (χ1v) is 11.4. The van der Waals surface area contributed by atoms with Crippen LogP contribution in [0.2, 0.25) is 0 Å². The number of hydrogen-bond acceptors (Lipinski definition) is 4. The van der Waals surface area contributed by atoms with E-state index in [9.17, 15) is 14.4 Å². The predicted octanol–water partition coefficient (Wildman–Crippen LogP) is 4.08. The van der Waals surface area contributed by atoms with Gasteiger partial charge in [0.2, 0.25) is 5.91 Å². The van der Waals surface area contributed by atoms with Crippen LogP contribution in [-0.2, 0) is 9.59 Å². The standard InChI is InChI=1S/C25H27N3O4/c29-23(17-7-3-1-4-8-17)27-16-15-21-22(27)24(30)28(25(31)26-21)18-11-13-20(14-12-18)32-19-9-5-2-6-10-19/h2,5-6,9-14,17,21-22H,1,3-4,7-8,15-16H2,(H,26,31)/t21-,22+/m1/s1. The third-order valence-corrected chi connectivity index (χ3v) is 6.69. The maximum Gasteiger partial charge on any atom is 0.329 e. The lowest BCUT2D eigenvalue weighted by molar-refractivity contribution is -0.142. The van der Waals surface area contributed by atoms with Gasteiger partial charge >= 0.3 is 6.03 Å². The van der Waals surface area contributed by atoms with Gasteiger partial charge in [-0.25, -0.2) is 9.69 Å². The highest BCUT2D eigenvalue weighted by Crippen LogP contribution is 2.33. The van der Waals surface area contributed by atoms with Crippen molar-refractivity contribution in [2.24, 2.45) is 5.92 Å². The molecule has 5 rings (SSSR count). The highest BCUT2D eigenvalue weighted by Gasteiger charge is 2.50. The number of para-hydroxylation sites is 1. The highest BCUT2D eigenvalue weighted by atomic mass is 16.5. The minimum absolute atomic E-state index is 0.00389. The molecule has 1 aliphatic carbocycles. The summed E-state index contributed by atoms with van der Waals surface area (Å²) in [6.45, 7) is 0.508. The molecule has 4 amide bonds. The van der Waals surface area contributed by atoms with Gasteiger partial charge in [0.25, 0.3) is 5.91 Å². The molecule has 1 saturated carbocycles. The zero-order valence-electron chi connectivity index (χ0n) is 17.9. The molecule has 166 valence electrons. The third-order valence-electron chi connectivity index (χ3n) is 6.69. The lowest BCUT2D eigenvalue weighted by Crippen LogP contribution is -2.65. The van der Waals surface area contributed by atoms with Gasteiger partial charge in [-0.3, -0.25) is 9.59 Å². The number of benzene rings is 2. The fraction of sp³-hybridized carbons (Fsp3) is 0.400. The number of urea groups is 1. The summed E-state index contributed by atoms with van der Waals surface area (Å²) in [6, 6.07) is 14.8. The van der Waals surface area contributed by atoms with Crippen LogP contribution in [-0.4, -0.2) is 41.4 Å². The van der Waals surface area contributed by atoms with E-state index in [1.165, 1.54) is 6.42 Å². The zero-order valence-corrected chi connectivity index (χ0v) is 17.9. The Hall–Kier alpha value is -3.35. The second-order valence-corrected chi connectivity index (χ2v) is 8.74. The van der Waals surface area contributed by atoms with Crippen molar-refractivity contribution in [3.63, 3.8) is 0 Å². The highest BCUT2D eigenvalue weighted by molar-refractivity contribution is 6.19. The summed E-state index contributed by atoms with van der Waals surface area (Å²) in [5.74, 6) is 1.04. The SMILES string of the molecule is O=C1N[C@@H]2CCN(C(=O)C3CCCCC3)[C@@H]2C(=O)N1c1ccc(Oc2ccccc2)cc1. The average Bonchev–Trinajstić information content (AvgIpc) is 3.25. The van der Waals surface area contributed by atoms with E-state index in [2.05, 4.69) is 5.32 Å². The number of imide groups is 1. The van der Waals surface area contributed by atoms with Gasteiger partial charge in [0.1, 0.15) is 17.5 Å². The van der Waals surface area contributed by atoms with Crippen LogP contribution in [0.4, 0.5) is 10.5 Å². The van der Waals surface area contributed by atoms with E-state index in [4.69, 9.17) is 4.74 Å². The first kappa shape index (κ1) is 20.5. The quantitative estimate of drug-likeness (QED) is 0.788. The number of nitrogens with one attached hydrogen (secondary N) is 1. The number of anilines is 1. The summed E-state index contributed by atoms with van der Waals surface area (Å²) in [4.78, 5) is 42.2. The fourth-order valence-electron chi connectivity index (χ4n) is 5.07. The van der Waals surface area contributed by atoms with Gasteiger partial charge in [0.05, 0.1) is 11.7 Å². The molecule has 3 fully saturated rings. The van der Waals surface area contributed by atoms with Crippen molar-refractivity contribution in [3.8, 4) is 11.5 Å². The number of likely N-dealkylation sites (tertiary alicyclic amines) is 1. The molecular weight excluding hydrogens is 406 g/mol. The third kappa shape index (κ3) is 3.83. The molecule has 0 unspecified atom stereocenters. The maximum absolute atomic E-state index is 13.4. The normalized spacial score (nSPS) is 23.6. The number of amides is 4. The molecule has 2 aromatic rings. The van der Waals surface area contributed by atoms with E-state index < -0.39 is 12.1 Å². The molecule has 2 heterocycles. The van der Waals surface area contributed by atoms with Crippen LogP contribution in [0.3, 0.4) is 0 Å². The molecule has 0 spiro atoms. The van der Waals surface area contributed by atoms with Gasteiger partial charge in [-0.1, -0.05) is 37.5 Å². The van der Waals surface area contributed by atoms with Crippen molar-refractivity contribution in [3.05, 3.63) is 54.6 Å². The Morgan fingerprint density at radius 2 is 1.56 bits per heavy atom. The largest absolute Gasteiger partial charge is 0.457 e. The van der Waals surface area contributed by atoms with Gasteiger partial charge in [-0.15, -0.1) is 0 Å². The monoisotopic (exact) mass is 433 g/mol. The molecule has 1 N–H and O–H groups in total. The first-order valence-electron chi connectivity index (χ1n) is 11.4. The molecule has 7 heteroatoms. The maximum atomic E-state index is 13.4. The Kier molecular flexibility index (Phi) is 5.55. The predicted molar refractivity (Wildman–Crippen MR) is 119 cm³/mol. The van der Waals surface area contributed by atoms with Crippen LogP contribution in [0.1, 0.15) is 38.5 Å². The molecule has 0 bridgehead atoms. The zero-order chi connectivity index (χ0) is 22.1. The molecule has 2 atom stereocenters.